The molecule has 1 aliphatic rings. The third-order valence-corrected chi connectivity index (χ3v) is 5.65. The summed E-state index contributed by atoms with van der Waals surface area (Å²) in [5.74, 6) is -2.62. The van der Waals surface area contributed by atoms with Crippen molar-refractivity contribution < 1.29 is 35.1 Å². The van der Waals surface area contributed by atoms with Crippen molar-refractivity contribution in [2.24, 2.45) is 0 Å². The zero-order valence-corrected chi connectivity index (χ0v) is 18.7. The van der Waals surface area contributed by atoms with Crippen LogP contribution >= 0.6 is 0 Å². The number of aliphatic hydroxyl groups excluding tert-OH is 5. The van der Waals surface area contributed by atoms with Gasteiger partial charge in [-0.15, -0.1) is 0 Å². The maximum absolute atomic E-state index is 12.6. The zero-order chi connectivity index (χ0) is 25.1. The van der Waals surface area contributed by atoms with Crippen molar-refractivity contribution in [2.75, 3.05) is 11.9 Å². The summed E-state index contributed by atoms with van der Waals surface area (Å²) in [6.07, 6.45) is -1.24. The fraction of sp³-hybridized carbons (Fsp3) is 0.154. The highest BCUT2D eigenvalue weighted by molar-refractivity contribution is 6.04. The Morgan fingerprint density at radius 1 is 1.03 bits per heavy atom. The predicted molar refractivity (Wildman–Crippen MR) is 128 cm³/mol. The van der Waals surface area contributed by atoms with E-state index < -0.39 is 36.1 Å². The van der Waals surface area contributed by atoms with Gasteiger partial charge in [-0.25, -0.2) is 4.98 Å². The molecule has 0 saturated heterocycles. The van der Waals surface area contributed by atoms with Gasteiger partial charge in [-0.05, 0) is 53.4 Å². The van der Waals surface area contributed by atoms with Crippen LogP contribution in [0, 0.1) is 6.92 Å². The molecule has 2 atom stereocenters. The van der Waals surface area contributed by atoms with Crippen LogP contribution in [0.25, 0.3) is 11.1 Å². The molecule has 0 radical (unpaired) electrons. The smallest absolute Gasteiger partial charge is 0.256 e. The van der Waals surface area contributed by atoms with E-state index in [1.54, 1.807) is 67.7 Å². The quantitative estimate of drug-likeness (QED) is 0.314. The van der Waals surface area contributed by atoms with Crippen molar-refractivity contribution in [3.63, 3.8) is 0 Å². The van der Waals surface area contributed by atoms with Crippen LogP contribution in [-0.4, -0.2) is 49.1 Å². The second-order valence-corrected chi connectivity index (χ2v) is 7.97. The highest BCUT2D eigenvalue weighted by atomic mass is 16.5. The number of hydrogen-bond donors (Lipinski definition) is 6. The second-order valence-electron chi connectivity index (χ2n) is 7.97. The largest absolute Gasteiger partial charge is 0.505 e. The summed E-state index contributed by atoms with van der Waals surface area (Å²) >= 11 is 0. The van der Waals surface area contributed by atoms with E-state index >= 15 is 0 Å². The number of pyridine rings is 1. The van der Waals surface area contributed by atoms with E-state index in [1.165, 1.54) is 0 Å². The Hall–Kier alpha value is -4.34. The fourth-order valence-electron chi connectivity index (χ4n) is 3.79. The molecule has 35 heavy (non-hydrogen) atoms. The molecule has 0 spiro atoms. The summed E-state index contributed by atoms with van der Waals surface area (Å²) in [7, 11) is 0. The Labute approximate surface area is 200 Å². The molecule has 9 nitrogen and oxygen atoms in total. The Balaban J connectivity index is 1.57. The normalized spacial score (nSPS) is 16.6. The van der Waals surface area contributed by atoms with Crippen molar-refractivity contribution in [3.8, 4) is 11.1 Å². The molecule has 0 aliphatic carbocycles. The Bertz CT molecular complexity index is 1320. The average Bonchev–Trinajstić information content (AvgIpc) is 2.88. The van der Waals surface area contributed by atoms with Gasteiger partial charge < -0.3 is 35.6 Å². The number of carbonyl (C=O) groups excluding carboxylic acids is 1. The predicted octanol–water partition coefficient (Wildman–Crippen LogP) is 3.83. The van der Waals surface area contributed by atoms with Crippen LogP contribution in [0.5, 0.6) is 0 Å². The standard InChI is InChI=1S/C26H24N2O7/c1-14-11-16(15-5-4-6-17(12-15)26(34)28-20-7-2-3-10-27-20)8-9-18(14)21(30)25-24(33)23(32)22(31)19(13-29)35-25/h2-12,21,25,29-33H,13H2,1H3,(H,27,28,34)/t21-,25-/m1/s1. The molecule has 1 aliphatic heterocycles. The van der Waals surface area contributed by atoms with Crippen molar-refractivity contribution in [2.45, 2.75) is 19.1 Å². The number of nitrogens with one attached hydrogen (secondary N) is 1. The minimum atomic E-state index is -1.42. The van der Waals surface area contributed by atoms with E-state index in [0.717, 1.165) is 11.1 Å². The molecule has 6 N–H and O–H groups in total. The number of carbonyl (C=O) groups is 1. The number of aryl methyl sites for hydroxylation is 1. The van der Waals surface area contributed by atoms with Gasteiger partial charge >= 0.3 is 0 Å². The minimum Gasteiger partial charge on any atom is -0.505 e. The van der Waals surface area contributed by atoms with Crippen LogP contribution in [0.15, 0.2) is 89.9 Å². The Morgan fingerprint density at radius 3 is 2.49 bits per heavy atom. The van der Waals surface area contributed by atoms with E-state index in [1.807, 2.05) is 6.07 Å². The molecular weight excluding hydrogens is 452 g/mol. The van der Waals surface area contributed by atoms with Crippen LogP contribution in [-0.2, 0) is 4.74 Å². The molecule has 180 valence electrons. The maximum atomic E-state index is 12.6. The number of benzene rings is 2. The van der Waals surface area contributed by atoms with Gasteiger partial charge in [0.15, 0.2) is 17.6 Å². The lowest BCUT2D eigenvalue weighted by molar-refractivity contribution is -0.0310. The molecule has 4 rings (SSSR count). The molecule has 2 aromatic carbocycles. The minimum absolute atomic E-state index is 0.304. The van der Waals surface area contributed by atoms with Crippen molar-refractivity contribution in [1.82, 2.24) is 4.98 Å². The monoisotopic (exact) mass is 476 g/mol. The van der Waals surface area contributed by atoms with Crippen molar-refractivity contribution >= 4 is 11.7 Å². The van der Waals surface area contributed by atoms with Gasteiger partial charge in [-0.1, -0.05) is 36.4 Å². The molecule has 3 aromatic rings. The molecule has 0 fully saturated rings. The highest BCUT2D eigenvalue weighted by Gasteiger charge is 2.36. The molecule has 0 bridgehead atoms. The lowest BCUT2D eigenvalue weighted by atomic mass is 9.93. The van der Waals surface area contributed by atoms with Gasteiger partial charge in [-0.3, -0.25) is 4.79 Å². The van der Waals surface area contributed by atoms with E-state index in [9.17, 15) is 30.3 Å². The average molecular weight is 476 g/mol. The summed E-state index contributed by atoms with van der Waals surface area (Å²) in [4.78, 5) is 16.7. The number of anilines is 1. The fourth-order valence-corrected chi connectivity index (χ4v) is 3.79. The number of amides is 1. The molecule has 0 unspecified atom stereocenters. The van der Waals surface area contributed by atoms with Gasteiger partial charge in [0.05, 0.1) is 0 Å². The van der Waals surface area contributed by atoms with Gasteiger partial charge in [0.25, 0.3) is 5.91 Å². The summed E-state index contributed by atoms with van der Waals surface area (Å²) in [6, 6.07) is 17.4. The number of hydrogen-bond acceptors (Lipinski definition) is 8. The zero-order valence-electron chi connectivity index (χ0n) is 18.7. The molecule has 1 aromatic heterocycles. The molecule has 1 amide bonds. The summed E-state index contributed by atoms with van der Waals surface area (Å²) in [5, 5.41) is 52.8. The van der Waals surface area contributed by atoms with E-state index in [4.69, 9.17) is 4.74 Å². The first kappa shape index (κ1) is 23.8. The lowest BCUT2D eigenvalue weighted by Gasteiger charge is -2.29. The van der Waals surface area contributed by atoms with Crippen LogP contribution in [0.2, 0.25) is 0 Å². The molecule has 9 heteroatoms. The third-order valence-electron chi connectivity index (χ3n) is 5.65. The number of rotatable bonds is 6. The van der Waals surface area contributed by atoms with E-state index in [2.05, 4.69) is 10.3 Å². The lowest BCUT2D eigenvalue weighted by Crippen LogP contribution is -2.31. The van der Waals surface area contributed by atoms with E-state index in [-0.39, 0.29) is 11.7 Å². The summed E-state index contributed by atoms with van der Waals surface area (Å²) in [6.45, 7) is 1.03. The van der Waals surface area contributed by atoms with E-state index in [0.29, 0.717) is 22.5 Å². The van der Waals surface area contributed by atoms with Crippen LogP contribution in [0.4, 0.5) is 5.82 Å². The first-order valence-corrected chi connectivity index (χ1v) is 10.7. The number of aromatic nitrogens is 1. The topological polar surface area (TPSA) is 152 Å². The first-order chi connectivity index (χ1) is 16.8. The van der Waals surface area contributed by atoms with Gasteiger partial charge in [0.2, 0.25) is 11.5 Å². The number of aliphatic hydroxyl groups is 5. The van der Waals surface area contributed by atoms with Crippen molar-refractivity contribution in [1.29, 1.82) is 0 Å². The maximum Gasteiger partial charge on any atom is 0.256 e. The first-order valence-electron chi connectivity index (χ1n) is 10.7. The summed E-state index contributed by atoms with van der Waals surface area (Å²) in [5.41, 5.74) is 3.05. The number of nitrogens with zero attached hydrogens (tertiary/aromatic N) is 1. The van der Waals surface area contributed by atoms with Crippen LogP contribution in [0.3, 0.4) is 0 Å². The van der Waals surface area contributed by atoms with Gasteiger partial charge in [0, 0.05) is 11.8 Å². The number of ether oxygens (including phenoxy) is 1. The Kier molecular flexibility index (Phi) is 6.72. The Morgan fingerprint density at radius 2 is 1.80 bits per heavy atom. The molecule has 0 saturated carbocycles. The summed E-state index contributed by atoms with van der Waals surface area (Å²) < 4.78 is 5.32. The third kappa shape index (κ3) is 4.81. The molecule has 2 heterocycles. The van der Waals surface area contributed by atoms with Crippen LogP contribution < -0.4 is 5.32 Å². The van der Waals surface area contributed by atoms with Crippen molar-refractivity contribution in [3.05, 3.63) is 107 Å². The highest BCUT2D eigenvalue weighted by Crippen LogP contribution is 2.35. The van der Waals surface area contributed by atoms with Gasteiger partial charge in [0.1, 0.15) is 18.5 Å². The van der Waals surface area contributed by atoms with Crippen LogP contribution in [0.1, 0.15) is 27.6 Å². The second kappa shape index (κ2) is 9.88. The molecular formula is C26H24N2O7. The van der Waals surface area contributed by atoms with Gasteiger partial charge in [-0.2, -0.15) is 0 Å². The SMILES string of the molecule is Cc1cc(-c2cccc(C(=O)Nc3ccccn3)c2)ccc1[C@@H](O)[C@H]1OC(CO)=C(O)C(O)=C1O.